The fourth-order valence-corrected chi connectivity index (χ4v) is 1.32. The quantitative estimate of drug-likeness (QED) is 0.313. The molecule has 7 heteroatoms. The van der Waals surface area contributed by atoms with Crippen molar-refractivity contribution in [3.05, 3.63) is 0 Å². The first-order valence-corrected chi connectivity index (χ1v) is 7.51. The highest BCUT2D eigenvalue weighted by molar-refractivity contribution is 5.80. The van der Waals surface area contributed by atoms with Crippen LogP contribution in [0.1, 0.15) is 34.1 Å². The van der Waals surface area contributed by atoms with E-state index in [0.29, 0.717) is 39.4 Å². The monoisotopic (exact) mass is 316 g/mol. The Balaban J connectivity index is 3.31. The molecular weight excluding hydrogens is 288 g/mol. The molecule has 0 aliphatic rings. The number of Topliss-reactive ketones (excluding diaryl/α,β-unsaturated/α-hetero) is 1. The molecule has 0 bridgehead atoms. The maximum Gasteiger partial charge on any atom is 0.260 e. The van der Waals surface area contributed by atoms with E-state index in [1.54, 1.807) is 13.8 Å². The minimum atomic E-state index is -0.239. The number of oxime groups is 1. The summed E-state index contributed by atoms with van der Waals surface area (Å²) >= 11 is 0. The fraction of sp³-hybridized carbons (Fsp3) is 0.800. The van der Waals surface area contributed by atoms with E-state index in [-0.39, 0.29) is 24.2 Å². The molecule has 0 aliphatic carbocycles. The molecule has 0 spiro atoms. The normalized spacial score (nSPS) is 10.4. The second kappa shape index (κ2) is 13.2. The van der Waals surface area contributed by atoms with Crippen molar-refractivity contribution in [2.75, 3.05) is 39.6 Å². The van der Waals surface area contributed by atoms with Crippen molar-refractivity contribution in [3.8, 4) is 0 Å². The van der Waals surface area contributed by atoms with Gasteiger partial charge in [-0.2, -0.15) is 0 Å². The van der Waals surface area contributed by atoms with Gasteiger partial charge in [0, 0.05) is 18.9 Å². The van der Waals surface area contributed by atoms with Gasteiger partial charge in [-0.05, 0) is 13.8 Å². The highest BCUT2D eigenvalue weighted by Gasteiger charge is 2.06. The molecule has 0 aliphatic heterocycles. The zero-order chi connectivity index (χ0) is 16.8. The summed E-state index contributed by atoms with van der Waals surface area (Å²) in [6, 6.07) is 0. The average Bonchev–Trinajstić information content (AvgIpc) is 2.44. The minimum absolute atomic E-state index is 0.0550. The van der Waals surface area contributed by atoms with Crippen LogP contribution in [0.25, 0.3) is 0 Å². The molecule has 0 saturated carbocycles. The van der Waals surface area contributed by atoms with Crippen LogP contribution in [-0.4, -0.2) is 57.0 Å². The summed E-state index contributed by atoms with van der Waals surface area (Å²) < 4.78 is 10.6. The predicted molar refractivity (Wildman–Crippen MR) is 83.8 cm³/mol. The van der Waals surface area contributed by atoms with Crippen LogP contribution >= 0.6 is 0 Å². The van der Waals surface area contributed by atoms with E-state index in [0.717, 1.165) is 5.71 Å². The summed E-state index contributed by atoms with van der Waals surface area (Å²) in [4.78, 5) is 27.4. The Morgan fingerprint density at radius 2 is 1.68 bits per heavy atom. The lowest BCUT2D eigenvalue weighted by molar-refractivity contribution is -0.126. The van der Waals surface area contributed by atoms with Gasteiger partial charge in [-0.25, -0.2) is 0 Å². The molecule has 1 amide bonds. The number of hydrogen-bond acceptors (Lipinski definition) is 6. The first kappa shape index (κ1) is 20.5. The highest BCUT2D eigenvalue weighted by Crippen LogP contribution is 1.98. The molecule has 0 radical (unpaired) electrons. The third-order valence-electron chi connectivity index (χ3n) is 2.52. The standard InChI is InChI=1S/C15H28N2O5/c1-12(2)14(18)5-7-20-9-10-21-8-6-16-15(19)11-22-17-13(3)4/h12H,5-11H2,1-4H3,(H,16,19). The lowest BCUT2D eigenvalue weighted by atomic mass is 10.1. The second-order valence-electron chi connectivity index (χ2n) is 5.26. The Morgan fingerprint density at radius 3 is 2.27 bits per heavy atom. The molecule has 7 nitrogen and oxygen atoms in total. The Labute approximate surface area is 132 Å². The van der Waals surface area contributed by atoms with Crippen LogP contribution < -0.4 is 5.32 Å². The molecule has 0 fully saturated rings. The third-order valence-corrected chi connectivity index (χ3v) is 2.52. The molecule has 0 atom stereocenters. The van der Waals surface area contributed by atoms with E-state index in [1.165, 1.54) is 0 Å². The Hall–Kier alpha value is -1.47. The second-order valence-corrected chi connectivity index (χ2v) is 5.26. The number of nitrogens with zero attached hydrogens (tertiary/aromatic N) is 1. The van der Waals surface area contributed by atoms with Crippen LogP contribution in [0.5, 0.6) is 0 Å². The first-order valence-electron chi connectivity index (χ1n) is 7.51. The van der Waals surface area contributed by atoms with E-state index < -0.39 is 0 Å². The lowest BCUT2D eigenvalue weighted by Crippen LogP contribution is -2.30. The number of carbonyl (C=O) groups excluding carboxylic acids is 2. The number of ketones is 1. The fourth-order valence-electron chi connectivity index (χ4n) is 1.32. The topological polar surface area (TPSA) is 86.2 Å². The molecule has 0 unspecified atom stereocenters. The summed E-state index contributed by atoms with van der Waals surface area (Å²) in [5.41, 5.74) is 0.756. The Morgan fingerprint density at radius 1 is 1.05 bits per heavy atom. The number of carbonyl (C=O) groups is 2. The average molecular weight is 316 g/mol. The maximum atomic E-state index is 11.3. The molecule has 0 aromatic carbocycles. The zero-order valence-electron chi connectivity index (χ0n) is 14.0. The van der Waals surface area contributed by atoms with Gasteiger partial charge < -0.3 is 19.6 Å². The number of nitrogens with one attached hydrogen (secondary N) is 1. The van der Waals surface area contributed by atoms with Gasteiger partial charge in [0.15, 0.2) is 6.61 Å². The van der Waals surface area contributed by atoms with Crippen LogP contribution in [0.15, 0.2) is 5.16 Å². The molecule has 0 saturated heterocycles. The van der Waals surface area contributed by atoms with Crippen molar-refractivity contribution in [2.24, 2.45) is 11.1 Å². The van der Waals surface area contributed by atoms with Crippen LogP contribution in [0.2, 0.25) is 0 Å². The van der Waals surface area contributed by atoms with Gasteiger partial charge in [-0.3, -0.25) is 9.59 Å². The van der Waals surface area contributed by atoms with E-state index in [9.17, 15) is 9.59 Å². The number of rotatable bonds is 13. The molecule has 22 heavy (non-hydrogen) atoms. The van der Waals surface area contributed by atoms with Crippen molar-refractivity contribution in [3.63, 3.8) is 0 Å². The van der Waals surface area contributed by atoms with Crippen LogP contribution in [0.3, 0.4) is 0 Å². The van der Waals surface area contributed by atoms with Crippen molar-refractivity contribution in [1.82, 2.24) is 5.32 Å². The molecule has 0 aromatic heterocycles. The first-order chi connectivity index (χ1) is 10.4. The molecule has 0 aromatic rings. The number of ether oxygens (including phenoxy) is 2. The molecule has 0 rings (SSSR count). The summed E-state index contributed by atoms with van der Waals surface area (Å²) in [6.45, 7) is 9.32. The van der Waals surface area contributed by atoms with Crippen molar-refractivity contribution >= 4 is 17.4 Å². The van der Waals surface area contributed by atoms with Gasteiger partial charge in [0.2, 0.25) is 0 Å². The predicted octanol–water partition coefficient (Wildman–Crippen LogP) is 1.16. The Kier molecular flexibility index (Phi) is 12.3. The van der Waals surface area contributed by atoms with Gasteiger partial charge in [0.05, 0.1) is 32.1 Å². The SMILES string of the molecule is CC(C)=NOCC(=O)NCCOCCOCCC(=O)C(C)C. The highest BCUT2D eigenvalue weighted by atomic mass is 16.6. The number of amides is 1. The lowest BCUT2D eigenvalue weighted by Gasteiger charge is -2.07. The molecule has 1 N–H and O–H groups in total. The van der Waals surface area contributed by atoms with Gasteiger partial charge >= 0.3 is 0 Å². The van der Waals surface area contributed by atoms with Gasteiger partial charge in [0.1, 0.15) is 5.78 Å². The summed E-state index contributed by atoms with van der Waals surface area (Å²) in [6.07, 6.45) is 0.438. The Bertz CT molecular complexity index is 352. The number of hydrogen-bond donors (Lipinski definition) is 1. The van der Waals surface area contributed by atoms with Crippen molar-refractivity contribution < 1.29 is 23.9 Å². The van der Waals surface area contributed by atoms with E-state index >= 15 is 0 Å². The molecule has 128 valence electrons. The van der Waals surface area contributed by atoms with Gasteiger partial charge in [0.25, 0.3) is 5.91 Å². The van der Waals surface area contributed by atoms with Crippen molar-refractivity contribution in [2.45, 2.75) is 34.1 Å². The van der Waals surface area contributed by atoms with Crippen LogP contribution in [0, 0.1) is 5.92 Å². The largest absolute Gasteiger partial charge is 0.386 e. The minimum Gasteiger partial charge on any atom is -0.386 e. The molecular formula is C15H28N2O5. The zero-order valence-corrected chi connectivity index (χ0v) is 14.0. The summed E-state index contributed by atoms with van der Waals surface area (Å²) in [5, 5.41) is 6.30. The van der Waals surface area contributed by atoms with E-state index in [4.69, 9.17) is 14.3 Å². The van der Waals surface area contributed by atoms with Crippen molar-refractivity contribution in [1.29, 1.82) is 0 Å². The molecule has 0 heterocycles. The van der Waals surface area contributed by atoms with Crippen LogP contribution in [0.4, 0.5) is 0 Å². The summed E-state index contributed by atoms with van der Waals surface area (Å²) in [7, 11) is 0. The maximum absolute atomic E-state index is 11.3. The smallest absolute Gasteiger partial charge is 0.260 e. The summed E-state index contributed by atoms with van der Waals surface area (Å²) in [5.74, 6) is 0.0184. The third kappa shape index (κ3) is 13.5. The van der Waals surface area contributed by atoms with Gasteiger partial charge in [-0.15, -0.1) is 0 Å². The van der Waals surface area contributed by atoms with E-state index in [2.05, 4.69) is 10.5 Å². The van der Waals surface area contributed by atoms with Gasteiger partial charge in [-0.1, -0.05) is 19.0 Å². The van der Waals surface area contributed by atoms with Crippen LogP contribution in [-0.2, 0) is 23.9 Å². The van der Waals surface area contributed by atoms with E-state index in [1.807, 2.05) is 13.8 Å².